The summed E-state index contributed by atoms with van der Waals surface area (Å²) in [6, 6.07) is 5.73. The standard InChI is InChI=1S/C21H33N3O2.H2/c1-4-22-16-19-7-5-8-20(17(19)2)21(25)23-15-18-9-12-24(13-10-18)11-6-14-26-3;/h5,7-8,16,18,22H,2,4,6,9-15H2,1,3H3,(H,23,25);1H/b19-16-;. The summed E-state index contributed by atoms with van der Waals surface area (Å²) in [6.07, 6.45) is 5.28. The fraction of sp³-hybridized carbons (Fsp3) is 0.571. The molecule has 1 amide bonds. The van der Waals surface area contributed by atoms with Crippen LogP contribution in [-0.2, 0) is 4.74 Å². The number of carbonyl (C=O) groups is 1. The van der Waals surface area contributed by atoms with E-state index in [0.29, 0.717) is 11.5 Å². The van der Waals surface area contributed by atoms with Gasteiger partial charge in [-0.3, -0.25) is 4.79 Å². The number of hydrogen-bond donors (Lipinski definition) is 2. The zero-order chi connectivity index (χ0) is 18.8. The van der Waals surface area contributed by atoms with Gasteiger partial charge in [0, 0.05) is 46.5 Å². The number of hydrogen-bond acceptors (Lipinski definition) is 4. The third-order valence-corrected chi connectivity index (χ3v) is 5.00. The lowest BCUT2D eigenvalue weighted by molar-refractivity contribution is 0.0932. The summed E-state index contributed by atoms with van der Waals surface area (Å²) in [4.78, 5) is 15.1. The van der Waals surface area contributed by atoms with Crippen molar-refractivity contribution in [1.82, 2.24) is 15.5 Å². The maximum atomic E-state index is 12.6. The molecule has 5 nitrogen and oxygen atoms in total. The molecule has 5 heteroatoms. The van der Waals surface area contributed by atoms with Crippen LogP contribution in [-0.4, -0.2) is 57.2 Å². The molecule has 0 saturated carbocycles. The van der Waals surface area contributed by atoms with Crippen molar-refractivity contribution in [3.63, 3.8) is 0 Å². The van der Waals surface area contributed by atoms with Crippen molar-refractivity contribution >= 4 is 18.7 Å². The highest BCUT2D eigenvalue weighted by Gasteiger charge is 2.19. The van der Waals surface area contributed by atoms with Crippen LogP contribution in [0.4, 0.5) is 0 Å². The van der Waals surface area contributed by atoms with Gasteiger partial charge in [0.2, 0.25) is 0 Å². The maximum Gasteiger partial charge on any atom is 0.251 e. The molecule has 2 rings (SSSR count). The first-order valence-corrected chi connectivity index (χ1v) is 9.66. The Labute approximate surface area is 158 Å². The highest BCUT2D eigenvalue weighted by atomic mass is 16.5. The first-order valence-electron chi connectivity index (χ1n) is 9.66. The van der Waals surface area contributed by atoms with Gasteiger partial charge in [0.15, 0.2) is 0 Å². The lowest BCUT2D eigenvalue weighted by Crippen LogP contribution is -2.41. The fourth-order valence-electron chi connectivity index (χ4n) is 3.34. The van der Waals surface area contributed by atoms with Gasteiger partial charge in [0.25, 0.3) is 5.91 Å². The van der Waals surface area contributed by atoms with Gasteiger partial charge in [-0.1, -0.05) is 18.7 Å². The number of nitrogens with one attached hydrogen (secondary N) is 2. The van der Waals surface area contributed by atoms with Gasteiger partial charge in [-0.2, -0.15) is 0 Å². The third-order valence-electron chi connectivity index (χ3n) is 5.00. The van der Waals surface area contributed by atoms with Crippen molar-refractivity contribution in [2.24, 2.45) is 5.92 Å². The molecular weight excluding hydrogens is 326 g/mol. The van der Waals surface area contributed by atoms with E-state index in [2.05, 4.69) is 22.1 Å². The second-order valence-electron chi connectivity index (χ2n) is 6.92. The number of piperidine rings is 1. The van der Waals surface area contributed by atoms with Crippen LogP contribution in [0.15, 0.2) is 18.2 Å². The maximum absolute atomic E-state index is 12.6. The molecule has 26 heavy (non-hydrogen) atoms. The van der Waals surface area contributed by atoms with E-state index in [-0.39, 0.29) is 7.33 Å². The van der Waals surface area contributed by atoms with Crippen LogP contribution in [0.25, 0.3) is 12.8 Å². The molecular formula is C21H35N3O2. The van der Waals surface area contributed by atoms with Crippen LogP contribution in [0.3, 0.4) is 0 Å². The molecule has 1 aliphatic heterocycles. The SMILES string of the molecule is C=c1c(C(=O)NCC2CCN(CCCOC)CC2)ccc/c1=C/NCC.[HH]. The molecule has 1 aromatic rings. The average molecular weight is 362 g/mol. The Morgan fingerprint density at radius 2 is 2.19 bits per heavy atom. The van der Waals surface area contributed by atoms with Gasteiger partial charge in [-0.25, -0.2) is 0 Å². The highest BCUT2D eigenvalue weighted by molar-refractivity contribution is 5.94. The summed E-state index contributed by atoms with van der Waals surface area (Å²) in [5.74, 6) is 0.534. The smallest absolute Gasteiger partial charge is 0.251 e. The topological polar surface area (TPSA) is 53.6 Å². The summed E-state index contributed by atoms with van der Waals surface area (Å²) < 4.78 is 5.12. The first kappa shape index (κ1) is 20.5. The van der Waals surface area contributed by atoms with E-state index in [9.17, 15) is 4.79 Å². The van der Waals surface area contributed by atoms with Crippen molar-refractivity contribution < 1.29 is 11.0 Å². The number of likely N-dealkylation sites (tertiary alicyclic amines) is 1. The van der Waals surface area contributed by atoms with Crippen LogP contribution < -0.4 is 21.1 Å². The summed E-state index contributed by atoms with van der Waals surface area (Å²) in [6.45, 7) is 11.9. The molecule has 0 spiro atoms. The Morgan fingerprint density at radius 3 is 2.88 bits per heavy atom. The molecule has 0 unspecified atom stereocenters. The second-order valence-corrected chi connectivity index (χ2v) is 6.92. The summed E-state index contributed by atoms with van der Waals surface area (Å²) >= 11 is 0. The molecule has 0 aromatic heterocycles. The number of carbonyl (C=O) groups excluding carboxylic acids is 1. The molecule has 0 bridgehead atoms. The lowest BCUT2D eigenvalue weighted by atomic mass is 9.96. The highest BCUT2D eigenvalue weighted by Crippen LogP contribution is 2.16. The van der Waals surface area contributed by atoms with Crippen LogP contribution in [0.1, 0.15) is 38.0 Å². The van der Waals surface area contributed by atoms with E-state index in [1.165, 1.54) is 0 Å². The number of benzene rings is 1. The Morgan fingerprint density at radius 1 is 1.42 bits per heavy atom. The number of nitrogens with zero attached hydrogens (tertiary/aromatic N) is 1. The molecule has 1 saturated heterocycles. The first-order chi connectivity index (χ1) is 12.7. The average Bonchev–Trinajstić information content (AvgIpc) is 2.66. The van der Waals surface area contributed by atoms with Gasteiger partial charge in [-0.15, -0.1) is 0 Å². The third kappa shape index (κ3) is 6.15. The van der Waals surface area contributed by atoms with Crippen molar-refractivity contribution in [2.45, 2.75) is 26.2 Å². The number of rotatable bonds is 9. The van der Waals surface area contributed by atoms with E-state index in [0.717, 1.165) is 69.0 Å². The largest absolute Gasteiger partial charge is 0.391 e. The lowest BCUT2D eigenvalue weighted by Gasteiger charge is -2.31. The van der Waals surface area contributed by atoms with E-state index < -0.39 is 0 Å². The van der Waals surface area contributed by atoms with Crippen molar-refractivity contribution in [3.8, 4) is 0 Å². The molecule has 0 atom stereocenters. The molecule has 2 N–H and O–H groups in total. The van der Waals surface area contributed by atoms with Gasteiger partial charge in [0.05, 0.1) is 0 Å². The van der Waals surface area contributed by atoms with Crippen LogP contribution in [0, 0.1) is 5.92 Å². The fourth-order valence-corrected chi connectivity index (χ4v) is 3.34. The monoisotopic (exact) mass is 361 g/mol. The summed E-state index contributed by atoms with van der Waals surface area (Å²) in [5, 5.41) is 8.02. The van der Waals surface area contributed by atoms with Gasteiger partial charge in [-0.05, 0) is 61.7 Å². The molecule has 0 radical (unpaired) electrons. The van der Waals surface area contributed by atoms with Crippen molar-refractivity contribution in [2.75, 3.05) is 46.4 Å². The van der Waals surface area contributed by atoms with Crippen LogP contribution >= 0.6 is 0 Å². The minimum absolute atomic E-state index is 0. The quantitative estimate of drug-likeness (QED) is 0.649. The molecule has 1 fully saturated rings. The Balaban J connectivity index is 0.00000364. The second kappa shape index (κ2) is 11.0. The minimum atomic E-state index is -0.0238. The van der Waals surface area contributed by atoms with Crippen molar-refractivity contribution in [3.05, 3.63) is 34.2 Å². The van der Waals surface area contributed by atoms with Gasteiger partial charge < -0.3 is 20.3 Å². The van der Waals surface area contributed by atoms with Crippen molar-refractivity contribution in [1.29, 1.82) is 0 Å². The van der Waals surface area contributed by atoms with E-state index in [1.54, 1.807) is 7.11 Å². The summed E-state index contributed by atoms with van der Waals surface area (Å²) in [5.41, 5.74) is 0.661. The zero-order valence-corrected chi connectivity index (χ0v) is 16.2. The normalized spacial score (nSPS) is 16.6. The number of ether oxygens (including phenoxy) is 1. The molecule has 1 aliphatic rings. The Hall–Kier alpha value is -1.85. The molecule has 0 aliphatic carbocycles. The van der Waals surface area contributed by atoms with E-state index in [1.807, 2.05) is 31.3 Å². The molecule has 1 aromatic carbocycles. The molecule has 146 valence electrons. The zero-order valence-electron chi connectivity index (χ0n) is 16.2. The van der Waals surface area contributed by atoms with E-state index in [4.69, 9.17) is 4.74 Å². The minimum Gasteiger partial charge on any atom is -0.391 e. The van der Waals surface area contributed by atoms with Crippen LogP contribution in [0.5, 0.6) is 0 Å². The van der Waals surface area contributed by atoms with E-state index >= 15 is 0 Å². The Bertz CT molecular complexity index is 672. The predicted octanol–water partition coefficient (Wildman–Crippen LogP) is 1.17. The van der Waals surface area contributed by atoms with Gasteiger partial charge in [0.1, 0.15) is 0 Å². The summed E-state index contributed by atoms with van der Waals surface area (Å²) in [7, 11) is 1.75. The molecule has 1 heterocycles. The number of methoxy groups -OCH3 is 1. The van der Waals surface area contributed by atoms with Gasteiger partial charge >= 0.3 is 0 Å². The number of amides is 1. The Kier molecular flexibility index (Phi) is 8.65. The predicted molar refractivity (Wildman–Crippen MR) is 109 cm³/mol. The van der Waals surface area contributed by atoms with Crippen LogP contribution in [0.2, 0.25) is 0 Å².